The van der Waals surface area contributed by atoms with Gasteiger partial charge in [0.25, 0.3) is 11.8 Å². The van der Waals surface area contributed by atoms with Crippen LogP contribution in [0, 0.1) is 5.82 Å². The van der Waals surface area contributed by atoms with Crippen LogP contribution in [0.1, 0.15) is 20.7 Å². The summed E-state index contributed by atoms with van der Waals surface area (Å²) in [5, 5.41) is 2.19. The summed E-state index contributed by atoms with van der Waals surface area (Å²) in [6.07, 6.45) is 1.36. The number of benzene rings is 1. The molecule has 88 valence electrons. The van der Waals surface area contributed by atoms with E-state index < -0.39 is 11.8 Å². The smallest absolute Gasteiger partial charge is 0.260 e. The van der Waals surface area contributed by atoms with Gasteiger partial charge in [0.2, 0.25) is 0 Å². The number of carbonyl (C=O) groups is 2. The summed E-state index contributed by atoms with van der Waals surface area (Å²) in [7, 11) is 0. The third-order valence-electron chi connectivity index (χ3n) is 2.76. The standard InChI is InChI=1S/C13H7FN2O2/c14-8-3-1-7(2-4-8)11-5-9-10(6-15-11)13(18)16-12(9)17/h1-6H,(H,16,17,18). The third kappa shape index (κ3) is 1.57. The van der Waals surface area contributed by atoms with Crippen LogP contribution in [0.5, 0.6) is 0 Å². The van der Waals surface area contributed by atoms with Crippen LogP contribution in [0.25, 0.3) is 11.3 Å². The SMILES string of the molecule is O=C1NC(=O)c2cc(-c3ccc(F)cc3)ncc21. The van der Waals surface area contributed by atoms with Gasteiger partial charge in [-0.15, -0.1) is 0 Å². The molecule has 0 spiro atoms. The molecule has 2 heterocycles. The Kier molecular flexibility index (Phi) is 2.19. The second-order valence-electron chi connectivity index (χ2n) is 3.91. The minimum atomic E-state index is -0.437. The van der Waals surface area contributed by atoms with Gasteiger partial charge in [-0.3, -0.25) is 19.9 Å². The normalized spacial score (nSPS) is 13.4. The van der Waals surface area contributed by atoms with Gasteiger partial charge in [-0.25, -0.2) is 4.39 Å². The van der Waals surface area contributed by atoms with Crippen LogP contribution in [0.15, 0.2) is 36.5 Å². The molecule has 1 N–H and O–H groups in total. The number of nitrogens with one attached hydrogen (secondary N) is 1. The second-order valence-corrected chi connectivity index (χ2v) is 3.91. The van der Waals surface area contributed by atoms with Gasteiger partial charge in [-0.05, 0) is 30.3 Å². The number of hydrogen-bond acceptors (Lipinski definition) is 3. The first-order valence-corrected chi connectivity index (χ1v) is 5.27. The van der Waals surface area contributed by atoms with Crippen molar-refractivity contribution in [2.24, 2.45) is 0 Å². The molecule has 0 fully saturated rings. The predicted molar refractivity (Wildman–Crippen MR) is 61.4 cm³/mol. The molecule has 0 atom stereocenters. The molecule has 2 amide bonds. The predicted octanol–water partition coefficient (Wildman–Crippen LogP) is 1.77. The van der Waals surface area contributed by atoms with E-state index in [9.17, 15) is 14.0 Å². The van der Waals surface area contributed by atoms with Crippen molar-refractivity contribution in [1.29, 1.82) is 0 Å². The van der Waals surface area contributed by atoms with Crippen LogP contribution in [0.2, 0.25) is 0 Å². The maximum atomic E-state index is 12.8. The van der Waals surface area contributed by atoms with Crippen molar-refractivity contribution in [3.05, 3.63) is 53.5 Å². The third-order valence-corrected chi connectivity index (χ3v) is 2.76. The number of fused-ring (bicyclic) bond motifs is 1. The van der Waals surface area contributed by atoms with Gasteiger partial charge < -0.3 is 0 Å². The van der Waals surface area contributed by atoms with Crippen LogP contribution in [-0.2, 0) is 0 Å². The molecule has 1 aromatic heterocycles. The molecular weight excluding hydrogens is 235 g/mol. The fourth-order valence-corrected chi connectivity index (χ4v) is 1.84. The number of carbonyl (C=O) groups excluding carboxylic acids is 2. The zero-order valence-corrected chi connectivity index (χ0v) is 9.11. The molecule has 0 aliphatic carbocycles. The quantitative estimate of drug-likeness (QED) is 0.775. The van der Waals surface area contributed by atoms with E-state index in [0.717, 1.165) is 0 Å². The number of halogens is 1. The van der Waals surface area contributed by atoms with E-state index in [1.54, 1.807) is 12.1 Å². The molecule has 0 radical (unpaired) electrons. The average molecular weight is 242 g/mol. The Morgan fingerprint density at radius 1 is 1.00 bits per heavy atom. The van der Waals surface area contributed by atoms with Gasteiger partial charge in [0.15, 0.2) is 0 Å². The topological polar surface area (TPSA) is 59.1 Å². The monoisotopic (exact) mass is 242 g/mol. The maximum Gasteiger partial charge on any atom is 0.260 e. The Labute approximate surface area is 101 Å². The van der Waals surface area contributed by atoms with Gasteiger partial charge in [0, 0.05) is 11.8 Å². The number of hydrogen-bond donors (Lipinski definition) is 1. The lowest BCUT2D eigenvalue weighted by Gasteiger charge is -2.02. The van der Waals surface area contributed by atoms with Gasteiger partial charge in [0.05, 0.1) is 16.8 Å². The van der Waals surface area contributed by atoms with Crippen LogP contribution >= 0.6 is 0 Å². The zero-order chi connectivity index (χ0) is 12.7. The minimum absolute atomic E-state index is 0.269. The van der Waals surface area contributed by atoms with Gasteiger partial charge >= 0.3 is 0 Å². The average Bonchev–Trinajstić information content (AvgIpc) is 2.66. The highest BCUT2D eigenvalue weighted by Gasteiger charge is 2.27. The summed E-state index contributed by atoms with van der Waals surface area (Å²) in [5.74, 6) is -1.21. The van der Waals surface area contributed by atoms with Crippen molar-refractivity contribution >= 4 is 11.8 Å². The van der Waals surface area contributed by atoms with Crippen LogP contribution in [-0.4, -0.2) is 16.8 Å². The van der Waals surface area contributed by atoms with Crippen molar-refractivity contribution < 1.29 is 14.0 Å². The Balaban J connectivity index is 2.11. The summed E-state index contributed by atoms with van der Waals surface area (Å²) in [6.45, 7) is 0. The van der Waals surface area contributed by atoms with Crippen molar-refractivity contribution in [2.75, 3.05) is 0 Å². The fraction of sp³-hybridized carbons (Fsp3) is 0. The first-order chi connectivity index (χ1) is 8.65. The molecule has 0 saturated carbocycles. The maximum absolute atomic E-state index is 12.8. The Morgan fingerprint density at radius 3 is 2.39 bits per heavy atom. The molecule has 2 aromatic rings. The molecule has 1 aromatic carbocycles. The second kappa shape index (κ2) is 3.73. The van der Waals surface area contributed by atoms with Gasteiger partial charge in [0.1, 0.15) is 5.82 Å². The highest BCUT2D eigenvalue weighted by atomic mass is 19.1. The number of aromatic nitrogens is 1. The largest absolute Gasteiger partial charge is 0.288 e. The molecule has 0 unspecified atom stereocenters. The molecule has 0 bridgehead atoms. The highest BCUT2D eigenvalue weighted by molar-refractivity contribution is 6.21. The first kappa shape index (κ1) is 10.6. The molecule has 3 rings (SSSR count). The van der Waals surface area contributed by atoms with E-state index >= 15 is 0 Å². The van der Waals surface area contributed by atoms with Crippen LogP contribution < -0.4 is 5.32 Å². The number of amides is 2. The lowest BCUT2D eigenvalue weighted by Crippen LogP contribution is -2.19. The van der Waals surface area contributed by atoms with E-state index in [0.29, 0.717) is 16.8 Å². The molecular formula is C13H7FN2O2. The minimum Gasteiger partial charge on any atom is -0.288 e. The van der Waals surface area contributed by atoms with Crippen molar-refractivity contribution in [2.45, 2.75) is 0 Å². The van der Waals surface area contributed by atoms with Crippen LogP contribution in [0.4, 0.5) is 4.39 Å². The Morgan fingerprint density at radius 2 is 1.67 bits per heavy atom. The zero-order valence-electron chi connectivity index (χ0n) is 9.11. The summed E-state index contributed by atoms with van der Waals surface area (Å²) < 4.78 is 12.8. The summed E-state index contributed by atoms with van der Waals surface area (Å²) in [5.41, 5.74) is 1.78. The molecule has 4 nitrogen and oxygen atoms in total. The van der Waals surface area contributed by atoms with Crippen molar-refractivity contribution in [3.8, 4) is 11.3 Å². The van der Waals surface area contributed by atoms with E-state index in [4.69, 9.17) is 0 Å². The first-order valence-electron chi connectivity index (χ1n) is 5.27. The number of pyridine rings is 1. The van der Waals surface area contributed by atoms with E-state index in [2.05, 4.69) is 10.3 Å². The van der Waals surface area contributed by atoms with Gasteiger partial charge in [-0.1, -0.05) is 0 Å². The molecule has 1 aliphatic heterocycles. The van der Waals surface area contributed by atoms with E-state index in [1.807, 2.05) is 0 Å². The highest BCUT2D eigenvalue weighted by Crippen LogP contribution is 2.22. The molecule has 18 heavy (non-hydrogen) atoms. The number of nitrogens with zero attached hydrogens (tertiary/aromatic N) is 1. The van der Waals surface area contributed by atoms with E-state index in [-0.39, 0.29) is 11.4 Å². The summed E-state index contributed by atoms with van der Waals surface area (Å²) in [4.78, 5) is 26.9. The lowest BCUT2D eigenvalue weighted by molar-refractivity contribution is 0.0879. The molecule has 0 saturated heterocycles. The number of imide groups is 1. The van der Waals surface area contributed by atoms with Crippen molar-refractivity contribution in [1.82, 2.24) is 10.3 Å². The van der Waals surface area contributed by atoms with Gasteiger partial charge in [-0.2, -0.15) is 0 Å². The molecule has 5 heteroatoms. The number of rotatable bonds is 1. The summed E-state index contributed by atoms with van der Waals surface area (Å²) >= 11 is 0. The fourth-order valence-electron chi connectivity index (χ4n) is 1.84. The van der Waals surface area contributed by atoms with Crippen LogP contribution in [0.3, 0.4) is 0 Å². The van der Waals surface area contributed by atoms with Crippen molar-refractivity contribution in [3.63, 3.8) is 0 Å². The Hall–Kier alpha value is -2.56. The lowest BCUT2D eigenvalue weighted by atomic mass is 10.1. The molecule has 1 aliphatic rings. The summed E-state index contributed by atoms with van der Waals surface area (Å²) in [6, 6.07) is 7.30. The van der Waals surface area contributed by atoms with E-state index in [1.165, 1.54) is 24.4 Å². The Bertz CT molecular complexity index is 665.